The molecule has 2 unspecified atom stereocenters. The zero-order valence-electron chi connectivity index (χ0n) is 9.60. The third kappa shape index (κ3) is 1.31. The highest BCUT2D eigenvalue weighted by Crippen LogP contribution is 2.60. The number of hydrogen-bond acceptors (Lipinski definition) is 3. The molecule has 0 bridgehead atoms. The molecule has 94 valence electrons. The van der Waals surface area contributed by atoms with Crippen molar-refractivity contribution in [3.05, 3.63) is 28.9 Å². The minimum absolute atomic E-state index is 0.218. The summed E-state index contributed by atoms with van der Waals surface area (Å²) in [5.74, 6) is 0.492. The molecule has 2 aromatic rings. The maximum atomic E-state index is 10.8. The number of aliphatic hydroxyl groups is 2. The molecule has 1 aromatic carbocycles. The number of rotatable bonds is 1. The van der Waals surface area contributed by atoms with Gasteiger partial charge in [-0.2, -0.15) is 5.10 Å². The van der Waals surface area contributed by atoms with Crippen LogP contribution in [0.1, 0.15) is 18.4 Å². The van der Waals surface area contributed by atoms with Gasteiger partial charge in [-0.05, 0) is 42.4 Å². The van der Waals surface area contributed by atoms with Gasteiger partial charge in [0, 0.05) is 10.4 Å². The minimum atomic E-state index is -0.873. The second kappa shape index (κ2) is 3.26. The second-order valence-electron chi connectivity index (χ2n) is 5.54. The van der Waals surface area contributed by atoms with Crippen LogP contribution >= 0.6 is 11.6 Å². The summed E-state index contributed by atoms with van der Waals surface area (Å²) in [6, 6.07) is 3.62. The third-order valence-electron chi connectivity index (χ3n) is 4.46. The van der Waals surface area contributed by atoms with Gasteiger partial charge in [0.05, 0.1) is 23.4 Å². The monoisotopic (exact) mass is 264 g/mol. The Morgan fingerprint density at radius 1 is 1.33 bits per heavy atom. The van der Waals surface area contributed by atoms with E-state index in [1.54, 1.807) is 12.3 Å². The van der Waals surface area contributed by atoms with Gasteiger partial charge in [0.15, 0.2) is 0 Å². The fourth-order valence-electron chi connectivity index (χ4n) is 3.45. The fraction of sp³-hybridized carbons (Fsp3) is 0.462. The van der Waals surface area contributed by atoms with E-state index in [2.05, 4.69) is 10.2 Å². The molecule has 2 aliphatic rings. The summed E-state index contributed by atoms with van der Waals surface area (Å²) in [5, 5.41) is 28.8. The standard InChI is InChI=1S/C13H13ClN2O2/c14-6-1-10(9-5-15-16-11(9)2-6)13(18)3-7-8(4-13)12(7)17/h1-2,5,7-8,12,17-18H,3-4H2,(H,15,16). The van der Waals surface area contributed by atoms with Gasteiger partial charge in [-0.3, -0.25) is 5.10 Å². The predicted octanol–water partition coefficient (Wildman–Crippen LogP) is 1.80. The number of aliphatic hydroxyl groups excluding tert-OH is 1. The summed E-state index contributed by atoms with van der Waals surface area (Å²) in [4.78, 5) is 0. The van der Waals surface area contributed by atoms with E-state index >= 15 is 0 Å². The molecular formula is C13H13ClN2O2. The first-order valence-electron chi connectivity index (χ1n) is 6.12. The van der Waals surface area contributed by atoms with Crippen LogP contribution in [0.15, 0.2) is 18.3 Å². The number of aromatic amines is 1. The van der Waals surface area contributed by atoms with Crippen molar-refractivity contribution >= 4 is 22.5 Å². The molecule has 4 rings (SSSR count). The Morgan fingerprint density at radius 3 is 2.78 bits per heavy atom. The van der Waals surface area contributed by atoms with Crippen molar-refractivity contribution in [2.75, 3.05) is 0 Å². The smallest absolute Gasteiger partial charge is 0.0911 e. The van der Waals surface area contributed by atoms with E-state index in [1.807, 2.05) is 6.07 Å². The van der Waals surface area contributed by atoms with Crippen LogP contribution in [0, 0.1) is 11.8 Å². The summed E-state index contributed by atoms with van der Waals surface area (Å²) in [5.41, 5.74) is 0.798. The highest BCUT2D eigenvalue weighted by Gasteiger charge is 2.61. The van der Waals surface area contributed by atoms with Gasteiger partial charge >= 0.3 is 0 Å². The Labute approximate surface area is 109 Å². The summed E-state index contributed by atoms with van der Waals surface area (Å²) in [6.45, 7) is 0. The molecule has 4 nitrogen and oxygen atoms in total. The Kier molecular flexibility index (Phi) is 1.95. The number of H-pyrrole nitrogens is 1. The van der Waals surface area contributed by atoms with Gasteiger partial charge in [0.25, 0.3) is 0 Å². The van der Waals surface area contributed by atoms with Crippen LogP contribution in [-0.2, 0) is 5.60 Å². The van der Waals surface area contributed by atoms with E-state index in [1.165, 1.54) is 0 Å². The average molecular weight is 265 g/mol. The molecular weight excluding hydrogens is 252 g/mol. The topological polar surface area (TPSA) is 69.1 Å². The zero-order valence-corrected chi connectivity index (χ0v) is 10.4. The number of aromatic nitrogens is 2. The number of halogens is 1. The average Bonchev–Trinajstić information content (AvgIpc) is 2.77. The molecule has 1 aromatic heterocycles. The van der Waals surface area contributed by atoms with E-state index in [0.717, 1.165) is 16.5 Å². The van der Waals surface area contributed by atoms with E-state index in [4.69, 9.17) is 11.6 Å². The van der Waals surface area contributed by atoms with Gasteiger partial charge in [0.1, 0.15) is 0 Å². The Hall–Kier alpha value is -1.10. The lowest BCUT2D eigenvalue weighted by Crippen LogP contribution is -2.25. The third-order valence-corrected chi connectivity index (χ3v) is 4.68. The van der Waals surface area contributed by atoms with E-state index in [0.29, 0.717) is 17.9 Å². The highest BCUT2D eigenvalue weighted by atomic mass is 35.5. The summed E-state index contributed by atoms with van der Waals surface area (Å²) in [6.07, 6.45) is 2.72. The van der Waals surface area contributed by atoms with Crippen LogP contribution in [0.5, 0.6) is 0 Å². The van der Waals surface area contributed by atoms with Crippen molar-refractivity contribution in [1.82, 2.24) is 10.2 Å². The Morgan fingerprint density at radius 2 is 2.06 bits per heavy atom. The number of fused-ring (bicyclic) bond motifs is 2. The number of hydrogen-bond donors (Lipinski definition) is 3. The Bertz CT molecular complexity index is 627. The van der Waals surface area contributed by atoms with Gasteiger partial charge in [0.2, 0.25) is 0 Å². The van der Waals surface area contributed by atoms with Gasteiger partial charge in [-0.15, -0.1) is 0 Å². The van der Waals surface area contributed by atoms with Crippen LogP contribution in [0.4, 0.5) is 0 Å². The molecule has 2 fully saturated rings. The zero-order chi connectivity index (χ0) is 12.5. The van der Waals surface area contributed by atoms with Crippen molar-refractivity contribution in [1.29, 1.82) is 0 Å². The predicted molar refractivity (Wildman–Crippen MR) is 67.2 cm³/mol. The van der Waals surface area contributed by atoms with Crippen LogP contribution < -0.4 is 0 Å². The maximum absolute atomic E-state index is 10.8. The first-order valence-corrected chi connectivity index (χ1v) is 6.50. The van der Waals surface area contributed by atoms with Gasteiger partial charge in [-0.1, -0.05) is 11.6 Å². The van der Waals surface area contributed by atoms with Crippen molar-refractivity contribution in [2.45, 2.75) is 24.5 Å². The maximum Gasteiger partial charge on any atom is 0.0911 e. The number of benzene rings is 1. The lowest BCUT2D eigenvalue weighted by Gasteiger charge is -2.26. The fourth-order valence-corrected chi connectivity index (χ4v) is 3.67. The van der Waals surface area contributed by atoms with E-state index < -0.39 is 5.60 Å². The number of nitrogens with one attached hydrogen (secondary N) is 1. The van der Waals surface area contributed by atoms with E-state index in [9.17, 15) is 10.2 Å². The molecule has 2 aliphatic carbocycles. The number of nitrogens with zero attached hydrogens (tertiary/aromatic N) is 1. The quantitative estimate of drug-likeness (QED) is 0.736. The molecule has 0 aliphatic heterocycles. The molecule has 0 spiro atoms. The van der Waals surface area contributed by atoms with Gasteiger partial charge in [-0.25, -0.2) is 0 Å². The first-order chi connectivity index (χ1) is 8.58. The largest absolute Gasteiger partial charge is 0.393 e. The summed E-state index contributed by atoms with van der Waals surface area (Å²) >= 11 is 6.09. The molecule has 0 amide bonds. The lowest BCUT2D eigenvalue weighted by atomic mass is 9.86. The van der Waals surface area contributed by atoms with Gasteiger partial charge < -0.3 is 10.2 Å². The lowest BCUT2D eigenvalue weighted by molar-refractivity contribution is 0.0174. The first kappa shape index (κ1) is 10.8. The van der Waals surface area contributed by atoms with Crippen LogP contribution in [0.25, 0.3) is 10.9 Å². The molecule has 1 heterocycles. The molecule has 18 heavy (non-hydrogen) atoms. The Balaban J connectivity index is 1.85. The molecule has 5 heteroatoms. The molecule has 0 saturated heterocycles. The van der Waals surface area contributed by atoms with Crippen molar-refractivity contribution in [3.8, 4) is 0 Å². The second-order valence-corrected chi connectivity index (χ2v) is 5.98. The molecule has 3 N–H and O–H groups in total. The van der Waals surface area contributed by atoms with Crippen LogP contribution in [0.3, 0.4) is 0 Å². The van der Waals surface area contributed by atoms with Crippen LogP contribution in [-0.4, -0.2) is 26.5 Å². The highest BCUT2D eigenvalue weighted by molar-refractivity contribution is 6.31. The normalized spacial score (nSPS) is 38.1. The molecule has 2 atom stereocenters. The molecule has 2 saturated carbocycles. The van der Waals surface area contributed by atoms with Crippen molar-refractivity contribution < 1.29 is 10.2 Å². The van der Waals surface area contributed by atoms with Crippen molar-refractivity contribution in [2.24, 2.45) is 11.8 Å². The van der Waals surface area contributed by atoms with Crippen molar-refractivity contribution in [3.63, 3.8) is 0 Å². The molecule has 0 radical (unpaired) electrons. The summed E-state index contributed by atoms with van der Waals surface area (Å²) in [7, 11) is 0. The van der Waals surface area contributed by atoms with E-state index in [-0.39, 0.29) is 17.9 Å². The van der Waals surface area contributed by atoms with Crippen LogP contribution in [0.2, 0.25) is 5.02 Å². The SMILES string of the molecule is OC1C2CC(O)(c3cc(Cl)cc4[nH]ncc34)CC12. The minimum Gasteiger partial charge on any atom is -0.393 e. The summed E-state index contributed by atoms with van der Waals surface area (Å²) < 4.78 is 0.